The van der Waals surface area contributed by atoms with Gasteiger partial charge >= 0.3 is 0 Å². The molecule has 0 heterocycles. The maximum absolute atomic E-state index is 12.0. The van der Waals surface area contributed by atoms with Gasteiger partial charge in [-0.15, -0.1) is 0 Å². The molecule has 0 radical (unpaired) electrons. The van der Waals surface area contributed by atoms with Gasteiger partial charge in [0.2, 0.25) is 5.91 Å². The van der Waals surface area contributed by atoms with E-state index in [2.05, 4.69) is 17.8 Å². The Kier molecular flexibility index (Phi) is 12.2. The highest BCUT2D eigenvalue weighted by Crippen LogP contribution is 2.12. The number of hydrogen-bond acceptors (Lipinski definition) is 2. The van der Waals surface area contributed by atoms with Crippen molar-refractivity contribution in [1.29, 1.82) is 0 Å². The van der Waals surface area contributed by atoms with Crippen molar-refractivity contribution in [2.75, 3.05) is 0 Å². The zero-order chi connectivity index (χ0) is 19.0. The SMILES string of the molecule is CCCCCCCCCCCCCC(=O)NNC(=O)c1ccccc1C. The van der Waals surface area contributed by atoms with Crippen molar-refractivity contribution in [3.8, 4) is 0 Å². The Morgan fingerprint density at radius 3 is 1.88 bits per heavy atom. The van der Waals surface area contributed by atoms with Gasteiger partial charge in [-0.05, 0) is 25.0 Å². The molecule has 0 aliphatic heterocycles. The minimum absolute atomic E-state index is 0.122. The molecule has 0 saturated heterocycles. The summed E-state index contributed by atoms with van der Waals surface area (Å²) in [6.07, 6.45) is 14.3. The number of amides is 2. The molecule has 0 spiro atoms. The normalized spacial score (nSPS) is 10.5. The second kappa shape index (κ2) is 14.3. The number of unbranched alkanes of at least 4 members (excludes halogenated alkanes) is 10. The average Bonchev–Trinajstić information content (AvgIpc) is 2.64. The molecule has 1 aromatic rings. The summed E-state index contributed by atoms with van der Waals surface area (Å²) in [5.41, 5.74) is 6.47. The fraction of sp³-hybridized carbons (Fsp3) is 0.636. The minimum Gasteiger partial charge on any atom is -0.273 e. The molecule has 26 heavy (non-hydrogen) atoms. The van der Waals surface area contributed by atoms with Gasteiger partial charge in [0.05, 0.1) is 0 Å². The summed E-state index contributed by atoms with van der Waals surface area (Å²) in [5.74, 6) is -0.391. The van der Waals surface area contributed by atoms with Crippen LogP contribution in [0.25, 0.3) is 0 Å². The van der Waals surface area contributed by atoms with Gasteiger partial charge in [0.15, 0.2) is 0 Å². The summed E-state index contributed by atoms with van der Waals surface area (Å²) in [4.78, 5) is 23.8. The maximum Gasteiger partial charge on any atom is 0.269 e. The molecule has 146 valence electrons. The molecule has 0 aliphatic rings. The largest absolute Gasteiger partial charge is 0.273 e. The fourth-order valence-electron chi connectivity index (χ4n) is 3.03. The lowest BCUT2D eigenvalue weighted by Gasteiger charge is -2.09. The van der Waals surface area contributed by atoms with Crippen LogP contribution in [0.3, 0.4) is 0 Å². The number of rotatable bonds is 13. The number of carbonyl (C=O) groups is 2. The highest BCUT2D eigenvalue weighted by atomic mass is 16.2. The summed E-state index contributed by atoms with van der Waals surface area (Å²) in [7, 11) is 0. The molecule has 1 aromatic carbocycles. The molecule has 4 nitrogen and oxygen atoms in total. The van der Waals surface area contributed by atoms with Gasteiger partial charge in [-0.25, -0.2) is 0 Å². The van der Waals surface area contributed by atoms with Gasteiger partial charge < -0.3 is 0 Å². The molecule has 0 aliphatic carbocycles. The quantitative estimate of drug-likeness (QED) is 0.362. The molecule has 2 N–H and O–H groups in total. The Hall–Kier alpha value is -1.84. The number of carbonyl (C=O) groups excluding carboxylic acids is 2. The highest BCUT2D eigenvalue weighted by molar-refractivity contribution is 5.96. The molecule has 0 fully saturated rings. The first-order valence-corrected chi connectivity index (χ1v) is 10.3. The second-order valence-corrected chi connectivity index (χ2v) is 7.10. The molecule has 0 atom stereocenters. The minimum atomic E-state index is -0.268. The third-order valence-corrected chi connectivity index (χ3v) is 4.71. The van der Waals surface area contributed by atoms with Crippen molar-refractivity contribution in [2.45, 2.75) is 90.9 Å². The topological polar surface area (TPSA) is 58.2 Å². The number of hydrazine groups is 1. The van der Waals surface area contributed by atoms with Crippen LogP contribution in [0, 0.1) is 6.92 Å². The van der Waals surface area contributed by atoms with Crippen LogP contribution in [-0.2, 0) is 4.79 Å². The lowest BCUT2D eigenvalue weighted by atomic mass is 10.1. The first-order chi connectivity index (χ1) is 12.6. The van der Waals surface area contributed by atoms with E-state index in [1.165, 1.54) is 57.8 Å². The fourth-order valence-corrected chi connectivity index (χ4v) is 3.03. The summed E-state index contributed by atoms with van der Waals surface area (Å²) < 4.78 is 0. The van der Waals surface area contributed by atoms with Gasteiger partial charge in [0, 0.05) is 12.0 Å². The Morgan fingerprint density at radius 1 is 0.769 bits per heavy atom. The summed E-state index contributed by atoms with van der Waals surface area (Å²) in [6.45, 7) is 4.13. The molecule has 1 rings (SSSR count). The molecular weight excluding hydrogens is 324 g/mol. The van der Waals surface area contributed by atoms with Crippen LogP contribution in [0.1, 0.15) is 99.9 Å². The predicted molar refractivity (Wildman–Crippen MR) is 108 cm³/mol. The van der Waals surface area contributed by atoms with Gasteiger partial charge in [0.1, 0.15) is 0 Å². The third-order valence-electron chi connectivity index (χ3n) is 4.71. The van der Waals surface area contributed by atoms with Crippen molar-refractivity contribution in [3.05, 3.63) is 35.4 Å². The van der Waals surface area contributed by atoms with Crippen molar-refractivity contribution >= 4 is 11.8 Å². The molecule has 2 amide bonds. The van der Waals surface area contributed by atoms with Gasteiger partial charge in [-0.1, -0.05) is 89.3 Å². The van der Waals surface area contributed by atoms with E-state index in [4.69, 9.17) is 0 Å². The average molecular weight is 361 g/mol. The van der Waals surface area contributed by atoms with E-state index in [1.807, 2.05) is 25.1 Å². The first kappa shape index (κ1) is 22.2. The monoisotopic (exact) mass is 360 g/mol. The van der Waals surface area contributed by atoms with Crippen LogP contribution < -0.4 is 10.9 Å². The summed E-state index contributed by atoms with van der Waals surface area (Å²) >= 11 is 0. The number of benzene rings is 1. The lowest BCUT2D eigenvalue weighted by molar-refractivity contribution is -0.122. The number of aryl methyl sites for hydroxylation is 1. The Labute approximate surface area is 159 Å². The van der Waals surface area contributed by atoms with Crippen molar-refractivity contribution in [3.63, 3.8) is 0 Å². The molecule has 4 heteroatoms. The summed E-state index contributed by atoms with van der Waals surface area (Å²) in [6, 6.07) is 7.33. The Balaban J connectivity index is 1.97. The third kappa shape index (κ3) is 10.2. The van der Waals surface area contributed by atoms with Crippen molar-refractivity contribution in [1.82, 2.24) is 10.9 Å². The predicted octanol–water partition coefficient (Wildman–Crippen LogP) is 5.46. The van der Waals surface area contributed by atoms with Crippen LogP contribution in [0.4, 0.5) is 0 Å². The van der Waals surface area contributed by atoms with Crippen LogP contribution >= 0.6 is 0 Å². The molecule has 0 aromatic heterocycles. The maximum atomic E-state index is 12.0. The van der Waals surface area contributed by atoms with Crippen LogP contribution in [0.15, 0.2) is 24.3 Å². The zero-order valence-corrected chi connectivity index (χ0v) is 16.6. The number of nitrogens with one attached hydrogen (secondary N) is 2. The van der Waals surface area contributed by atoms with Gasteiger partial charge in [-0.2, -0.15) is 0 Å². The smallest absolute Gasteiger partial charge is 0.269 e. The van der Waals surface area contributed by atoms with Crippen LogP contribution in [0.2, 0.25) is 0 Å². The highest BCUT2D eigenvalue weighted by Gasteiger charge is 2.09. The van der Waals surface area contributed by atoms with Crippen LogP contribution in [0.5, 0.6) is 0 Å². The van der Waals surface area contributed by atoms with Gasteiger partial charge in [-0.3, -0.25) is 20.4 Å². The number of hydrogen-bond donors (Lipinski definition) is 2. The zero-order valence-electron chi connectivity index (χ0n) is 16.6. The van der Waals surface area contributed by atoms with E-state index < -0.39 is 0 Å². The van der Waals surface area contributed by atoms with E-state index in [-0.39, 0.29) is 11.8 Å². The molecule has 0 saturated carbocycles. The van der Waals surface area contributed by atoms with E-state index in [1.54, 1.807) is 6.07 Å². The van der Waals surface area contributed by atoms with Gasteiger partial charge in [0.25, 0.3) is 5.91 Å². The van der Waals surface area contributed by atoms with E-state index in [0.29, 0.717) is 12.0 Å². The van der Waals surface area contributed by atoms with Crippen molar-refractivity contribution < 1.29 is 9.59 Å². The first-order valence-electron chi connectivity index (χ1n) is 10.3. The molecule has 0 unspecified atom stereocenters. The van der Waals surface area contributed by atoms with Crippen molar-refractivity contribution in [2.24, 2.45) is 0 Å². The molecule has 0 bridgehead atoms. The summed E-state index contributed by atoms with van der Waals surface area (Å²) in [5, 5.41) is 0. The van der Waals surface area contributed by atoms with E-state index >= 15 is 0 Å². The van der Waals surface area contributed by atoms with Crippen LogP contribution in [-0.4, -0.2) is 11.8 Å². The van der Waals surface area contributed by atoms with E-state index in [0.717, 1.165) is 18.4 Å². The Bertz CT molecular complexity index is 529. The lowest BCUT2D eigenvalue weighted by Crippen LogP contribution is -2.41. The Morgan fingerprint density at radius 2 is 1.31 bits per heavy atom. The second-order valence-electron chi connectivity index (χ2n) is 7.10. The standard InChI is InChI=1S/C22H36N2O2/c1-3-4-5-6-7-8-9-10-11-12-13-18-21(25)23-24-22(26)20-17-15-14-16-19(20)2/h14-17H,3-13,18H2,1-2H3,(H,23,25)(H,24,26). The van der Waals surface area contributed by atoms with E-state index in [9.17, 15) is 9.59 Å². The molecular formula is C22H36N2O2.